The molecule has 19 heavy (non-hydrogen) atoms. The van der Waals surface area contributed by atoms with Crippen LogP contribution < -0.4 is 10.6 Å². The van der Waals surface area contributed by atoms with Gasteiger partial charge in [-0.05, 0) is 45.4 Å². The maximum absolute atomic E-state index is 4.40. The number of aromatic nitrogens is 2. The van der Waals surface area contributed by atoms with Crippen LogP contribution in [0, 0.1) is 13.8 Å². The first-order valence-corrected chi connectivity index (χ1v) is 6.49. The third-order valence-corrected chi connectivity index (χ3v) is 2.56. The Morgan fingerprint density at radius 3 is 2.42 bits per heavy atom. The molecule has 1 aromatic carbocycles. The minimum atomic E-state index is 0.348. The molecule has 0 saturated heterocycles. The number of hydrogen-bond acceptors (Lipinski definition) is 4. The van der Waals surface area contributed by atoms with Gasteiger partial charge in [0, 0.05) is 17.8 Å². The van der Waals surface area contributed by atoms with Gasteiger partial charge in [0.05, 0.1) is 0 Å². The molecule has 0 fully saturated rings. The van der Waals surface area contributed by atoms with Gasteiger partial charge in [-0.2, -0.15) is 0 Å². The summed E-state index contributed by atoms with van der Waals surface area (Å²) in [5, 5.41) is 6.60. The van der Waals surface area contributed by atoms with E-state index in [0.29, 0.717) is 6.04 Å². The fourth-order valence-corrected chi connectivity index (χ4v) is 1.87. The summed E-state index contributed by atoms with van der Waals surface area (Å²) in [6.07, 6.45) is 0. The van der Waals surface area contributed by atoms with Crippen molar-refractivity contribution >= 4 is 17.3 Å². The molecule has 0 spiro atoms. The van der Waals surface area contributed by atoms with Gasteiger partial charge >= 0.3 is 0 Å². The Balaban J connectivity index is 2.22. The number of aryl methyl sites for hydroxylation is 2. The van der Waals surface area contributed by atoms with Crippen LogP contribution in [0.15, 0.2) is 30.3 Å². The zero-order valence-electron chi connectivity index (χ0n) is 11.9. The maximum atomic E-state index is 4.40. The lowest BCUT2D eigenvalue weighted by atomic mass is 10.2. The van der Waals surface area contributed by atoms with Gasteiger partial charge in [0.2, 0.25) is 0 Å². The van der Waals surface area contributed by atoms with E-state index in [0.717, 1.165) is 23.1 Å². The summed E-state index contributed by atoms with van der Waals surface area (Å²) < 4.78 is 0. The first-order chi connectivity index (χ1) is 9.02. The summed E-state index contributed by atoms with van der Waals surface area (Å²) >= 11 is 0. The van der Waals surface area contributed by atoms with Crippen LogP contribution in [0.3, 0.4) is 0 Å². The van der Waals surface area contributed by atoms with Crippen molar-refractivity contribution in [1.29, 1.82) is 0 Å². The summed E-state index contributed by atoms with van der Waals surface area (Å²) in [4.78, 5) is 8.77. The van der Waals surface area contributed by atoms with Crippen LogP contribution in [-0.2, 0) is 0 Å². The Labute approximate surface area is 114 Å². The first-order valence-electron chi connectivity index (χ1n) is 6.49. The average molecular weight is 256 g/mol. The third-order valence-electron chi connectivity index (χ3n) is 2.56. The van der Waals surface area contributed by atoms with Crippen molar-refractivity contribution in [2.45, 2.75) is 33.7 Å². The van der Waals surface area contributed by atoms with Crippen LogP contribution in [0.25, 0.3) is 0 Å². The van der Waals surface area contributed by atoms with Gasteiger partial charge in [-0.3, -0.25) is 0 Å². The molecule has 0 radical (unpaired) electrons. The molecule has 0 atom stereocenters. The smallest absolute Gasteiger partial charge is 0.136 e. The summed E-state index contributed by atoms with van der Waals surface area (Å²) in [7, 11) is 0. The standard InChI is InChI=1S/C15H20N4/c1-10(2)16-14-9-15(18-12(4)17-14)19-13-7-5-6-11(3)8-13/h5-10H,1-4H3,(H2,16,17,18,19). The molecule has 0 unspecified atom stereocenters. The quantitative estimate of drug-likeness (QED) is 0.876. The summed E-state index contributed by atoms with van der Waals surface area (Å²) in [6, 6.07) is 10.5. The van der Waals surface area contributed by atoms with Crippen molar-refractivity contribution in [2.24, 2.45) is 0 Å². The minimum Gasteiger partial charge on any atom is -0.368 e. The van der Waals surface area contributed by atoms with Gasteiger partial charge in [0.25, 0.3) is 0 Å². The molecule has 100 valence electrons. The Kier molecular flexibility index (Phi) is 4.00. The Bertz CT molecular complexity index is 564. The van der Waals surface area contributed by atoms with Gasteiger partial charge in [-0.25, -0.2) is 9.97 Å². The molecule has 2 rings (SSSR count). The van der Waals surface area contributed by atoms with Crippen LogP contribution >= 0.6 is 0 Å². The van der Waals surface area contributed by atoms with Crippen LogP contribution in [0.4, 0.5) is 17.3 Å². The fourth-order valence-electron chi connectivity index (χ4n) is 1.87. The molecule has 0 saturated carbocycles. The zero-order chi connectivity index (χ0) is 13.8. The van der Waals surface area contributed by atoms with Crippen LogP contribution in [0.2, 0.25) is 0 Å². The lowest BCUT2D eigenvalue weighted by molar-refractivity contribution is 0.881. The number of anilines is 3. The molecule has 0 aliphatic heterocycles. The monoisotopic (exact) mass is 256 g/mol. The number of nitrogens with one attached hydrogen (secondary N) is 2. The SMILES string of the molecule is Cc1cccc(Nc2cc(NC(C)C)nc(C)n2)c1. The Morgan fingerprint density at radius 1 is 1.00 bits per heavy atom. The number of hydrogen-bond donors (Lipinski definition) is 2. The highest BCUT2D eigenvalue weighted by molar-refractivity contribution is 5.59. The van der Waals surface area contributed by atoms with E-state index in [-0.39, 0.29) is 0 Å². The molecule has 2 aromatic rings. The highest BCUT2D eigenvalue weighted by atomic mass is 15.1. The van der Waals surface area contributed by atoms with Crippen molar-refractivity contribution in [3.63, 3.8) is 0 Å². The Morgan fingerprint density at radius 2 is 1.74 bits per heavy atom. The summed E-state index contributed by atoms with van der Waals surface area (Å²) in [6.45, 7) is 8.14. The fraction of sp³-hybridized carbons (Fsp3) is 0.333. The maximum Gasteiger partial charge on any atom is 0.136 e. The lowest BCUT2D eigenvalue weighted by Gasteiger charge is -2.12. The average Bonchev–Trinajstić information content (AvgIpc) is 2.26. The minimum absolute atomic E-state index is 0.348. The largest absolute Gasteiger partial charge is 0.368 e. The third kappa shape index (κ3) is 3.95. The van der Waals surface area contributed by atoms with E-state index in [9.17, 15) is 0 Å². The lowest BCUT2D eigenvalue weighted by Crippen LogP contribution is -2.12. The number of rotatable bonds is 4. The molecular weight excluding hydrogens is 236 g/mol. The second-order valence-corrected chi connectivity index (χ2v) is 4.98. The van der Waals surface area contributed by atoms with E-state index in [1.807, 2.05) is 25.1 Å². The van der Waals surface area contributed by atoms with Crippen molar-refractivity contribution in [2.75, 3.05) is 10.6 Å². The first kappa shape index (κ1) is 13.3. The number of nitrogens with zero attached hydrogens (tertiary/aromatic N) is 2. The van der Waals surface area contributed by atoms with E-state index in [1.165, 1.54) is 5.56 Å². The van der Waals surface area contributed by atoms with E-state index in [2.05, 4.69) is 53.5 Å². The van der Waals surface area contributed by atoms with Gasteiger partial charge in [-0.1, -0.05) is 12.1 Å². The predicted molar refractivity (Wildman–Crippen MR) is 80.0 cm³/mol. The molecule has 0 bridgehead atoms. The predicted octanol–water partition coefficient (Wildman–Crippen LogP) is 3.66. The molecule has 2 N–H and O–H groups in total. The van der Waals surface area contributed by atoms with Crippen LogP contribution in [0.1, 0.15) is 25.2 Å². The van der Waals surface area contributed by atoms with E-state index < -0.39 is 0 Å². The topological polar surface area (TPSA) is 49.8 Å². The normalized spacial score (nSPS) is 10.6. The molecule has 4 nitrogen and oxygen atoms in total. The molecule has 0 aliphatic rings. The van der Waals surface area contributed by atoms with E-state index >= 15 is 0 Å². The van der Waals surface area contributed by atoms with Gasteiger partial charge in [-0.15, -0.1) is 0 Å². The van der Waals surface area contributed by atoms with Crippen molar-refractivity contribution in [3.8, 4) is 0 Å². The summed E-state index contributed by atoms with van der Waals surface area (Å²) in [5.74, 6) is 2.40. The van der Waals surface area contributed by atoms with E-state index in [4.69, 9.17) is 0 Å². The highest BCUT2D eigenvalue weighted by Gasteiger charge is 2.03. The van der Waals surface area contributed by atoms with Crippen molar-refractivity contribution in [3.05, 3.63) is 41.7 Å². The number of benzene rings is 1. The van der Waals surface area contributed by atoms with E-state index in [1.54, 1.807) is 0 Å². The van der Waals surface area contributed by atoms with Gasteiger partial charge in [0.1, 0.15) is 17.5 Å². The molecule has 4 heteroatoms. The zero-order valence-corrected chi connectivity index (χ0v) is 11.9. The molecule has 1 heterocycles. The van der Waals surface area contributed by atoms with Crippen LogP contribution in [0.5, 0.6) is 0 Å². The summed E-state index contributed by atoms with van der Waals surface area (Å²) in [5.41, 5.74) is 2.25. The second-order valence-electron chi connectivity index (χ2n) is 4.98. The second kappa shape index (κ2) is 5.69. The molecule has 1 aromatic heterocycles. The van der Waals surface area contributed by atoms with Gasteiger partial charge in [0.15, 0.2) is 0 Å². The highest BCUT2D eigenvalue weighted by Crippen LogP contribution is 2.18. The molecule has 0 aliphatic carbocycles. The molecular formula is C15H20N4. The van der Waals surface area contributed by atoms with Crippen molar-refractivity contribution < 1.29 is 0 Å². The van der Waals surface area contributed by atoms with Crippen molar-refractivity contribution in [1.82, 2.24) is 9.97 Å². The van der Waals surface area contributed by atoms with Gasteiger partial charge < -0.3 is 10.6 Å². The van der Waals surface area contributed by atoms with Crippen LogP contribution in [-0.4, -0.2) is 16.0 Å². The Hall–Kier alpha value is -2.10. The molecule has 0 amide bonds.